The molecule has 0 spiro atoms. The summed E-state index contributed by atoms with van der Waals surface area (Å²) in [5.74, 6) is 3.51. The van der Waals surface area contributed by atoms with Gasteiger partial charge in [-0.2, -0.15) is 0 Å². The maximum atomic E-state index is 13.5. The van der Waals surface area contributed by atoms with Crippen LogP contribution < -0.4 is 16.0 Å². The Morgan fingerprint density at radius 3 is 2.53 bits per heavy atom. The molecule has 102 valence electrons. The summed E-state index contributed by atoms with van der Waals surface area (Å²) in [6, 6.07) is 3.60. The molecule has 0 radical (unpaired) electrons. The van der Waals surface area contributed by atoms with E-state index in [0.717, 1.165) is 23.4 Å². The Balaban J connectivity index is 2.24. The minimum Gasteiger partial charge on any atom is -0.461 e. The van der Waals surface area contributed by atoms with Crippen LogP contribution in [-0.4, -0.2) is 18.2 Å². The number of hydrogen-bond acceptors (Lipinski definition) is 4. The van der Waals surface area contributed by atoms with Crippen molar-refractivity contribution in [2.24, 2.45) is 5.84 Å². The first-order valence-electron chi connectivity index (χ1n) is 5.72. The maximum absolute atomic E-state index is 13.5. The largest absolute Gasteiger partial charge is 0.461 e. The molecule has 6 heteroatoms. The molecule has 1 atom stereocenters. The predicted molar refractivity (Wildman–Crippen MR) is 67.7 cm³/mol. The van der Waals surface area contributed by atoms with Crippen LogP contribution in [0.3, 0.4) is 0 Å². The smallest absolute Gasteiger partial charge is 0.193 e. The summed E-state index contributed by atoms with van der Waals surface area (Å²) >= 11 is 0. The molecular formula is C13H15F2N3O. The Bertz CT molecular complexity index is 522. The first-order valence-corrected chi connectivity index (χ1v) is 5.72. The quantitative estimate of drug-likeness (QED) is 0.648. The molecule has 1 unspecified atom stereocenters. The molecule has 0 saturated carbocycles. The highest BCUT2D eigenvalue weighted by atomic mass is 19.1. The van der Waals surface area contributed by atoms with Crippen molar-refractivity contribution in [3.8, 4) is 5.75 Å². The van der Waals surface area contributed by atoms with Crippen molar-refractivity contribution in [2.75, 3.05) is 7.05 Å². The lowest BCUT2D eigenvalue weighted by atomic mass is 10.1. The molecule has 1 aromatic carbocycles. The van der Waals surface area contributed by atoms with Gasteiger partial charge in [0.15, 0.2) is 23.6 Å². The van der Waals surface area contributed by atoms with Gasteiger partial charge in [0.2, 0.25) is 0 Å². The summed E-state index contributed by atoms with van der Waals surface area (Å²) in [5, 5.41) is 0. The molecule has 0 aromatic heterocycles. The van der Waals surface area contributed by atoms with Gasteiger partial charge in [0.1, 0.15) is 0 Å². The van der Waals surface area contributed by atoms with E-state index in [1.165, 1.54) is 6.07 Å². The molecule has 19 heavy (non-hydrogen) atoms. The molecule has 0 saturated heterocycles. The lowest BCUT2D eigenvalue weighted by molar-refractivity contribution is 0.108. The number of likely N-dealkylation sites (N-methyl/N-ethyl adjacent to an activating group) is 1. The maximum Gasteiger partial charge on any atom is 0.193 e. The summed E-state index contributed by atoms with van der Waals surface area (Å²) in [7, 11) is 1.73. The van der Waals surface area contributed by atoms with Gasteiger partial charge in [-0.3, -0.25) is 5.84 Å². The molecule has 2 rings (SSSR count). The second-order valence-electron chi connectivity index (χ2n) is 4.26. The molecule has 0 fully saturated rings. The van der Waals surface area contributed by atoms with Gasteiger partial charge in [0.05, 0.1) is 5.70 Å². The molecule has 4 nitrogen and oxygen atoms in total. The van der Waals surface area contributed by atoms with Crippen LogP contribution in [0.15, 0.2) is 41.7 Å². The van der Waals surface area contributed by atoms with Gasteiger partial charge in [0, 0.05) is 13.2 Å². The lowest BCUT2D eigenvalue weighted by Crippen LogP contribution is -2.37. The third-order valence-corrected chi connectivity index (χ3v) is 2.86. The number of ether oxygens (including phenoxy) is 1. The van der Waals surface area contributed by atoms with Crippen molar-refractivity contribution >= 4 is 0 Å². The minimum absolute atomic E-state index is 0.388. The van der Waals surface area contributed by atoms with Gasteiger partial charge in [0.25, 0.3) is 0 Å². The number of nitrogens with one attached hydrogen (secondary N) is 1. The number of allylic oxidation sites excluding steroid dienone is 1. The second kappa shape index (κ2) is 5.27. The van der Waals surface area contributed by atoms with Gasteiger partial charge in [-0.05, 0) is 30.7 Å². The fourth-order valence-corrected chi connectivity index (χ4v) is 1.78. The number of hydrazine groups is 1. The van der Waals surface area contributed by atoms with Gasteiger partial charge in [-0.25, -0.2) is 8.78 Å². The van der Waals surface area contributed by atoms with E-state index in [2.05, 4.69) is 5.43 Å². The third kappa shape index (κ3) is 2.68. The molecule has 0 bridgehead atoms. The van der Waals surface area contributed by atoms with Crippen molar-refractivity contribution in [2.45, 2.75) is 13.2 Å². The van der Waals surface area contributed by atoms with Crippen LogP contribution in [-0.2, 0) is 0 Å². The molecule has 1 aromatic rings. The summed E-state index contributed by atoms with van der Waals surface area (Å²) in [6.07, 6.45) is 2.84. The van der Waals surface area contributed by atoms with Crippen LogP contribution in [0.5, 0.6) is 5.75 Å². The molecule has 1 aliphatic rings. The van der Waals surface area contributed by atoms with Crippen LogP contribution in [0.25, 0.3) is 0 Å². The molecule has 0 amide bonds. The van der Waals surface area contributed by atoms with Crippen LogP contribution >= 0.6 is 0 Å². The van der Waals surface area contributed by atoms with Crippen LogP contribution in [0.4, 0.5) is 8.78 Å². The normalized spacial score (nSPS) is 18.8. The van der Waals surface area contributed by atoms with Gasteiger partial charge < -0.3 is 15.1 Å². The van der Waals surface area contributed by atoms with Gasteiger partial charge in [-0.15, -0.1) is 0 Å². The minimum atomic E-state index is -0.730. The standard InChI is InChI=1S/C13H15F2N3O/c1-8-6-12(18(2)7-11(8)17-16)19-13-9(14)4-3-5-10(13)15/h3-7,12,17H,16H2,1-2H3. The second-order valence-corrected chi connectivity index (χ2v) is 4.26. The van der Waals surface area contributed by atoms with E-state index in [-0.39, 0.29) is 5.75 Å². The average Bonchev–Trinajstić information content (AvgIpc) is 2.37. The Kier molecular flexibility index (Phi) is 3.71. The van der Waals surface area contributed by atoms with Crippen molar-refractivity contribution in [1.82, 2.24) is 10.3 Å². The third-order valence-electron chi connectivity index (χ3n) is 2.86. The van der Waals surface area contributed by atoms with Gasteiger partial charge >= 0.3 is 0 Å². The van der Waals surface area contributed by atoms with E-state index in [1.54, 1.807) is 24.2 Å². The number of halogens is 2. The zero-order valence-electron chi connectivity index (χ0n) is 10.7. The van der Waals surface area contributed by atoms with E-state index < -0.39 is 17.9 Å². The highest BCUT2D eigenvalue weighted by molar-refractivity contribution is 5.32. The van der Waals surface area contributed by atoms with Crippen LogP contribution in [0, 0.1) is 11.6 Å². The summed E-state index contributed by atoms with van der Waals surface area (Å²) < 4.78 is 32.4. The molecule has 3 N–H and O–H groups in total. The zero-order valence-corrected chi connectivity index (χ0v) is 10.7. The Labute approximate surface area is 110 Å². The van der Waals surface area contributed by atoms with E-state index in [0.29, 0.717) is 0 Å². The van der Waals surface area contributed by atoms with Crippen molar-refractivity contribution in [3.05, 3.63) is 53.4 Å². The van der Waals surface area contributed by atoms with Crippen molar-refractivity contribution in [3.63, 3.8) is 0 Å². The number of benzene rings is 1. The van der Waals surface area contributed by atoms with Crippen molar-refractivity contribution < 1.29 is 13.5 Å². The van der Waals surface area contributed by atoms with Gasteiger partial charge in [-0.1, -0.05) is 6.07 Å². The molecular weight excluding hydrogens is 252 g/mol. The number of hydrogen-bond donors (Lipinski definition) is 2. The number of nitrogens with zero attached hydrogens (tertiary/aromatic N) is 1. The Morgan fingerprint density at radius 1 is 1.32 bits per heavy atom. The van der Waals surface area contributed by atoms with Crippen LogP contribution in [0.1, 0.15) is 6.92 Å². The van der Waals surface area contributed by atoms with Crippen molar-refractivity contribution in [1.29, 1.82) is 0 Å². The highest BCUT2D eigenvalue weighted by Crippen LogP contribution is 2.25. The molecule has 0 aliphatic carbocycles. The number of para-hydroxylation sites is 1. The Hall–Kier alpha value is -2.08. The van der Waals surface area contributed by atoms with Crippen LogP contribution in [0.2, 0.25) is 0 Å². The molecule has 1 heterocycles. The summed E-state index contributed by atoms with van der Waals surface area (Å²) in [4.78, 5) is 1.66. The topological polar surface area (TPSA) is 50.5 Å². The fraction of sp³-hybridized carbons (Fsp3) is 0.231. The van der Waals surface area contributed by atoms with E-state index in [1.807, 2.05) is 6.92 Å². The number of nitrogens with two attached hydrogens (primary N) is 1. The monoisotopic (exact) mass is 267 g/mol. The number of rotatable bonds is 3. The first-order chi connectivity index (χ1) is 9.02. The summed E-state index contributed by atoms with van der Waals surface area (Å²) in [5.41, 5.74) is 4.09. The zero-order chi connectivity index (χ0) is 14.0. The van der Waals surface area contributed by atoms with E-state index in [9.17, 15) is 8.78 Å². The molecule has 1 aliphatic heterocycles. The van der Waals surface area contributed by atoms with E-state index >= 15 is 0 Å². The lowest BCUT2D eigenvalue weighted by Gasteiger charge is -2.30. The fourth-order valence-electron chi connectivity index (χ4n) is 1.78. The highest BCUT2D eigenvalue weighted by Gasteiger charge is 2.21. The average molecular weight is 267 g/mol. The SMILES string of the molecule is CC1=CC(Oc2c(F)cccc2F)N(C)C=C1NN. The summed E-state index contributed by atoms with van der Waals surface area (Å²) in [6.45, 7) is 1.83. The van der Waals surface area contributed by atoms with E-state index in [4.69, 9.17) is 10.6 Å². The predicted octanol–water partition coefficient (Wildman–Crippen LogP) is 1.87. The Morgan fingerprint density at radius 2 is 1.95 bits per heavy atom. The first kappa shape index (κ1) is 13.4.